The van der Waals surface area contributed by atoms with E-state index >= 15 is 0 Å². The molecule has 6 heteroatoms. The van der Waals surface area contributed by atoms with Crippen LogP contribution in [0.5, 0.6) is 0 Å². The Morgan fingerprint density at radius 3 is 2.42 bits per heavy atom. The molecule has 24 heavy (non-hydrogen) atoms. The number of hydrogen-bond donors (Lipinski definition) is 1. The molecule has 0 saturated heterocycles. The van der Waals surface area contributed by atoms with Crippen molar-refractivity contribution in [2.24, 2.45) is 0 Å². The second-order valence-electron chi connectivity index (χ2n) is 4.97. The normalized spacial score (nSPS) is 11.2. The molecule has 0 fully saturated rings. The second kappa shape index (κ2) is 9.57. The first-order chi connectivity index (χ1) is 11.6. The van der Waals surface area contributed by atoms with E-state index in [1.807, 2.05) is 55.5 Å². The lowest BCUT2D eigenvalue weighted by molar-refractivity contribution is -0.121. The van der Waals surface area contributed by atoms with Gasteiger partial charge in [-0.15, -0.1) is 0 Å². The number of carbonyl (C=O) groups excluding carboxylic acids is 2. The van der Waals surface area contributed by atoms with E-state index in [4.69, 9.17) is 11.6 Å². The first-order valence-electron chi connectivity index (χ1n) is 7.14. The number of imide groups is 1. The molecular weight excluding hydrogens is 362 g/mol. The van der Waals surface area contributed by atoms with Crippen molar-refractivity contribution in [2.45, 2.75) is 12.7 Å². The van der Waals surface area contributed by atoms with E-state index in [0.717, 1.165) is 22.4 Å². The van der Waals surface area contributed by atoms with Crippen molar-refractivity contribution in [1.82, 2.24) is 5.32 Å². The van der Waals surface area contributed by atoms with Gasteiger partial charge in [0.1, 0.15) is 0 Å². The summed E-state index contributed by atoms with van der Waals surface area (Å²) < 4.78 is 0. The molecule has 0 bridgehead atoms. The van der Waals surface area contributed by atoms with Crippen molar-refractivity contribution in [3.8, 4) is 0 Å². The maximum atomic E-state index is 12.1. The van der Waals surface area contributed by atoms with E-state index in [1.165, 1.54) is 10.8 Å². The predicted molar refractivity (Wildman–Crippen MR) is 104 cm³/mol. The van der Waals surface area contributed by atoms with E-state index in [2.05, 4.69) is 5.32 Å². The smallest absolute Gasteiger partial charge is 0.258 e. The van der Waals surface area contributed by atoms with Crippen LogP contribution in [0.2, 0.25) is 5.02 Å². The fraction of sp³-hybridized carbons (Fsp3) is 0.111. The molecule has 0 heterocycles. The van der Waals surface area contributed by atoms with E-state index in [-0.39, 0.29) is 0 Å². The van der Waals surface area contributed by atoms with Crippen molar-refractivity contribution in [2.75, 3.05) is 0 Å². The first-order valence-corrected chi connectivity index (χ1v) is 9.90. The van der Waals surface area contributed by atoms with Crippen molar-refractivity contribution in [1.29, 1.82) is 0 Å². The van der Waals surface area contributed by atoms with E-state index in [0.29, 0.717) is 17.0 Å². The highest BCUT2D eigenvalue weighted by molar-refractivity contribution is 8.77. The van der Waals surface area contributed by atoms with Crippen LogP contribution < -0.4 is 5.32 Å². The molecule has 2 rings (SSSR count). The summed E-state index contributed by atoms with van der Waals surface area (Å²) in [4.78, 5) is 22.6. The largest absolute Gasteiger partial charge is 0.295 e. The highest BCUT2D eigenvalue weighted by atomic mass is 35.5. The van der Waals surface area contributed by atoms with E-state index in [1.54, 1.807) is 16.2 Å². The van der Waals surface area contributed by atoms with Gasteiger partial charge in [0.25, 0.3) is 5.91 Å². The van der Waals surface area contributed by atoms with Crippen molar-refractivity contribution < 1.29 is 9.59 Å². The molecule has 0 aliphatic carbocycles. The SMILES string of the molecule is Cc1ccc(/C(=C/SSCc2ccc(Cl)cc2)C(=O)NC=O)cc1. The number of nitrogens with one attached hydrogen (secondary N) is 1. The molecule has 1 N–H and O–H groups in total. The molecule has 0 unspecified atom stereocenters. The number of hydrogen-bond acceptors (Lipinski definition) is 4. The van der Waals surface area contributed by atoms with Crippen LogP contribution in [0.1, 0.15) is 16.7 Å². The zero-order valence-electron chi connectivity index (χ0n) is 13.0. The third kappa shape index (κ3) is 5.74. The molecule has 0 aliphatic rings. The molecule has 0 aliphatic heterocycles. The summed E-state index contributed by atoms with van der Waals surface area (Å²) in [6.45, 7) is 1.98. The highest BCUT2D eigenvalue weighted by Crippen LogP contribution is 2.31. The Morgan fingerprint density at radius 2 is 1.79 bits per heavy atom. The minimum Gasteiger partial charge on any atom is -0.295 e. The van der Waals surface area contributed by atoms with Crippen molar-refractivity contribution in [3.05, 3.63) is 75.7 Å². The fourth-order valence-corrected chi connectivity index (χ4v) is 3.92. The average Bonchev–Trinajstić information content (AvgIpc) is 2.58. The zero-order valence-corrected chi connectivity index (χ0v) is 15.4. The van der Waals surface area contributed by atoms with Gasteiger partial charge in [-0.1, -0.05) is 75.2 Å². The van der Waals surface area contributed by atoms with E-state index < -0.39 is 5.91 Å². The molecule has 0 atom stereocenters. The van der Waals surface area contributed by atoms with Crippen LogP contribution in [0.3, 0.4) is 0 Å². The summed E-state index contributed by atoms with van der Waals surface area (Å²) in [7, 11) is 3.06. The van der Waals surface area contributed by atoms with Gasteiger partial charge >= 0.3 is 0 Å². The van der Waals surface area contributed by atoms with Crippen LogP contribution in [0.25, 0.3) is 5.57 Å². The van der Waals surface area contributed by atoms with Gasteiger partial charge in [-0.3, -0.25) is 14.9 Å². The quantitative estimate of drug-likeness (QED) is 0.324. The number of benzene rings is 2. The Morgan fingerprint density at radius 1 is 1.12 bits per heavy atom. The van der Waals surface area contributed by atoms with Crippen LogP contribution in [-0.4, -0.2) is 12.3 Å². The van der Waals surface area contributed by atoms with Crippen LogP contribution in [0, 0.1) is 6.92 Å². The predicted octanol–water partition coefficient (Wildman–Crippen LogP) is 4.84. The van der Waals surface area contributed by atoms with Crippen molar-refractivity contribution >= 4 is 51.1 Å². The van der Waals surface area contributed by atoms with Crippen LogP contribution in [0.4, 0.5) is 0 Å². The minimum atomic E-state index is -0.409. The Hall–Kier alpha value is -1.69. The molecule has 0 radical (unpaired) electrons. The number of aryl methyl sites for hydroxylation is 1. The molecule has 2 aromatic carbocycles. The lowest BCUT2D eigenvalue weighted by atomic mass is 10.1. The summed E-state index contributed by atoms with van der Waals surface area (Å²) in [5, 5.41) is 4.68. The van der Waals surface area contributed by atoms with Crippen LogP contribution in [0.15, 0.2) is 53.9 Å². The summed E-state index contributed by atoms with van der Waals surface area (Å²) in [6, 6.07) is 15.3. The molecule has 3 nitrogen and oxygen atoms in total. The van der Waals surface area contributed by atoms with Crippen LogP contribution in [-0.2, 0) is 15.3 Å². The van der Waals surface area contributed by atoms with Gasteiger partial charge in [0.15, 0.2) is 0 Å². The van der Waals surface area contributed by atoms with E-state index in [9.17, 15) is 9.59 Å². The van der Waals surface area contributed by atoms with Crippen molar-refractivity contribution in [3.63, 3.8) is 0 Å². The fourth-order valence-electron chi connectivity index (χ4n) is 1.88. The molecule has 2 aromatic rings. The summed E-state index contributed by atoms with van der Waals surface area (Å²) >= 11 is 5.86. The minimum absolute atomic E-state index is 0.399. The molecular formula is C18H16ClNO2S2. The van der Waals surface area contributed by atoms with Gasteiger partial charge in [0.2, 0.25) is 6.41 Å². The number of carbonyl (C=O) groups is 2. The Balaban J connectivity index is 2.04. The molecule has 124 valence electrons. The van der Waals surface area contributed by atoms with Crippen LogP contribution >= 0.6 is 33.2 Å². The standard InChI is InChI=1S/C18H16ClNO2S2/c1-13-2-6-15(7-3-13)17(18(22)20-12-21)11-24-23-10-14-4-8-16(19)9-5-14/h2-9,11-12H,10H2,1H3,(H,20,21,22)/b17-11-. The Kier molecular flexibility index (Phi) is 7.43. The summed E-state index contributed by atoms with van der Waals surface area (Å²) in [5.41, 5.74) is 3.51. The number of rotatable bonds is 7. The third-order valence-electron chi connectivity index (χ3n) is 3.17. The van der Waals surface area contributed by atoms with Gasteiger partial charge in [0.05, 0.1) is 5.57 Å². The maximum Gasteiger partial charge on any atom is 0.258 e. The average molecular weight is 378 g/mol. The molecule has 0 spiro atoms. The summed E-state index contributed by atoms with van der Waals surface area (Å²) in [5.74, 6) is 0.378. The molecule has 0 saturated carbocycles. The Bertz CT molecular complexity index is 728. The van der Waals surface area contributed by atoms with Gasteiger partial charge in [-0.25, -0.2) is 0 Å². The number of halogens is 1. The van der Waals surface area contributed by atoms with Gasteiger partial charge in [-0.05, 0) is 35.6 Å². The topological polar surface area (TPSA) is 46.2 Å². The van der Waals surface area contributed by atoms with Gasteiger partial charge in [-0.2, -0.15) is 0 Å². The lowest BCUT2D eigenvalue weighted by Gasteiger charge is -2.06. The lowest BCUT2D eigenvalue weighted by Crippen LogP contribution is -2.22. The maximum absolute atomic E-state index is 12.1. The monoisotopic (exact) mass is 377 g/mol. The van der Waals surface area contributed by atoms with Gasteiger partial charge in [0, 0.05) is 10.8 Å². The zero-order chi connectivity index (χ0) is 17.4. The molecule has 2 amide bonds. The number of amides is 2. The summed E-state index contributed by atoms with van der Waals surface area (Å²) in [6.07, 6.45) is 0.399. The third-order valence-corrected chi connectivity index (χ3v) is 5.39. The second-order valence-corrected chi connectivity index (χ2v) is 7.65. The first kappa shape index (κ1) is 18.6. The van der Waals surface area contributed by atoms with Gasteiger partial charge < -0.3 is 0 Å². The Labute approximate surface area is 154 Å². The highest BCUT2D eigenvalue weighted by Gasteiger charge is 2.11. The molecule has 0 aromatic heterocycles.